The first-order valence-corrected chi connectivity index (χ1v) is 9.52. The van der Waals surface area contributed by atoms with Crippen LogP contribution >= 0.6 is 0 Å². The third-order valence-electron chi connectivity index (χ3n) is 3.97. The zero-order chi connectivity index (χ0) is 19.4. The van der Waals surface area contributed by atoms with Gasteiger partial charge in [-0.3, -0.25) is 4.79 Å². The molecule has 0 fully saturated rings. The van der Waals surface area contributed by atoms with Crippen molar-refractivity contribution < 1.29 is 17.6 Å². The number of nitrogens with two attached hydrogens (primary N) is 1. The second-order valence-corrected chi connectivity index (χ2v) is 8.07. The van der Waals surface area contributed by atoms with Crippen LogP contribution in [0, 0.1) is 5.82 Å². The van der Waals surface area contributed by atoms with Gasteiger partial charge in [0.1, 0.15) is 5.82 Å². The zero-order valence-electron chi connectivity index (χ0n) is 14.6. The molecule has 0 aromatic heterocycles. The summed E-state index contributed by atoms with van der Waals surface area (Å²) in [5, 5.41) is 2.71. The highest BCUT2D eigenvalue weighted by molar-refractivity contribution is 7.89. The molecule has 0 unspecified atom stereocenters. The highest BCUT2D eigenvalue weighted by Crippen LogP contribution is 2.26. The number of hydrogen-bond acceptors (Lipinski definition) is 4. The maximum Gasteiger partial charge on any atom is 0.240 e. The molecule has 0 aliphatic rings. The quantitative estimate of drug-likeness (QED) is 0.685. The molecule has 0 heterocycles. The summed E-state index contributed by atoms with van der Waals surface area (Å²) >= 11 is 0. The molecular weight excluding hydrogens is 357 g/mol. The van der Waals surface area contributed by atoms with Crippen molar-refractivity contribution in [3.8, 4) is 0 Å². The number of benzene rings is 2. The van der Waals surface area contributed by atoms with E-state index in [4.69, 9.17) is 5.73 Å². The van der Waals surface area contributed by atoms with Crippen molar-refractivity contribution in [1.82, 2.24) is 4.72 Å². The van der Waals surface area contributed by atoms with Crippen molar-refractivity contribution in [1.29, 1.82) is 0 Å². The van der Waals surface area contributed by atoms with Crippen LogP contribution in [0.3, 0.4) is 0 Å². The van der Waals surface area contributed by atoms with E-state index in [0.717, 1.165) is 0 Å². The van der Waals surface area contributed by atoms with Gasteiger partial charge in [0.15, 0.2) is 0 Å². The number of nitrogens with one attached hydrogen (secondary N) is 2. The van der Waals surface area contributed by atoms with Crippen LogP contribution in [-0.2, 0) is 20.2 Å². The molecule has 0 radical (unpaired) electrons. The van der Waals surface area contributed by atoms with Gasteiger partial charge in [0.25, 0.3) is 0 Å². The number of halogens is 1. The third-order valence-corrected chi connectivity index (χ3v) is 5.43. The number of carbonyl (C=O) groups is 1. The summed E-state index contributed by atoms with van der Waals surface area (Å²) in [6.45, 7) is 3.72. The van der Waals surface area contributed by atoms with Gasteiger partial charge in [0.05, 0.1) is 10.3 Å². The first kappa shape index (κ1) is 20.0. The maximum absolute atomic E-state index is 13.1. The monoisotopic (exact) mass is 379 g/mol. The highest BCUT2D eigenvalue weighted by Gasteiger charge is 2.30. The van der Waals surface area contributed by atoms with Gasteiger partial charge in [-0.25, -0.2) is 17.5 Å². The highest BCUT2D eigenvalue weighted by atomic mass is 32.2. The molecule has 2 aromatic carbocycles. The molecule has 2 aromatic rings. The van der Waals surface area contributed by atoms with Crippen molar-refractivity contribution in [2.45, 2.75) is 24.2 Å². The third kappa shape index (κ3) is 4.66. The standard InChI is InChI=1S/C18H22FN3O3S/c1-18(2,13-6-8-14(19)9-7-13)17(23)22-15-4-3-5-16(12-15)26(24,25)21-11-10-20/h3-9,12,21H,10-11,20H2,1-2H3,(H,22,23). The van der Waals surface area contributed by atoms with Gasteiger partial charge < -0.3 is 11.1 Å². The van der Waals surface area contributed by atoms with E-state index in [1.54, 1.807) is 32.0 Å². The molecule has 4 N–H and O–H groups in total. The molecule has 0 saturated carbocycles. The predicted molar refractivity (Wildman–Crippen MR) is 98.7 cm³/mol. The lowest BCUT2D eigenvalue weighted by Gasteiger charge is -2.24. The van der Waals surface area contributed by atoms with Gasteiger partial charge in [-0.2, -0.15) is 0 Å². The van der Waals surface area contributed by atoms with Gasteiger partial charge >= 0.3 is 0 Å². The first-order chi connectivity index (χ1) is 12.2. The van der Waals surface area contributed by atoms with Crippen LogP contribution in [0.4, 0.5) is 10.1 Å². The minimum atomic E-state index is -3.70. The molecule has 140 valence electrons. The summed E-state index contributed by atoms with van der Waals surface area (Å²) in [5.74, 6) is -0.721. The van der Waals surface area contributed by atoms with Crippen LogP contribution in [0.2, 0.25) is 0 Å². The molecule has 0 aliphatic heterocycles. The van der Waals surface area contributed by atoms with Crippen LogP contribution in [0.5, 0.6) is 0 Å². The molecule has 26 heavy (non-hydrogen) atoms. The van der Waals surface area contributed by atoms with Gasteiger partial charge in [-0.05, 0) is 49.7 Å². The molecule has 2 rings (SSSR count). The number of sulfonamides is 1. The lowest BCUT2D eigenvalue weighted by atomic mass is 9.83. The number of hydrogen-bond donors (Lipinski definition) is 3. The Bertz CT molecular complexity index is 881. The topological polar surface area (TPSA) is 101 Å². The fourth-order valence-electron chi connectivity index (χ4n) is 2.30. The summed E-state index contributed by atoms with van der Waals surface area (Å²) in [7, 11) is -3.70. The van der Waals surface area contributed by atoms with E-state index in [0.29, 0.717) is 11.3 Å². The van der Waals surface area contributed by atoms with Crippen LogP contribution in [0.1, 0.15) is 19.4 Å². The Balaban J connectivity index is 2.21. The summed E-state index contributed by atoms with van der Waals surface area (Å²) in [4.78, 5) is 12.7. The summed E-state index contributed by atoms with van der Waals surface area (Å²) in [6, 6.07) is 11.6. The van der Waals surface area contributed by atoms with Gasteiger partial charge in [0.2, 0.25) is 15.9 Å². The van der Waals surface area contributed by atoms with Gasteiger partial charge in [0, 0.05) is 18.8 Å². The summed E-state index contributed by atoms with van der Waals surface area (Å²) in [5.41, 5.74) is 5.38. The van der Waals surface area contributed by atoms with E-state index in [1.807, 2.05) is 0 Å². The molecule has 0 saturated heterocycles. The molecule has 0 spiro atoms. The number of amides is 1. The average Bonchev–Trinajstić information content (AvgIpc) is 2.60. The van der Waals surface area contributed by atoms with Crippen LogP contribution in [0.25, 0.3) is 0 Å². The van der Waals surface area contributed by atoms with Crippen molar-refractivity contribution in [3.63, 3.8) is 0 Å². The maximum atomic E-state index is 13.1. The zero-order valence-corrected chi connectivity index (χ0v) is 15.4. The van der Waals surface area contributed by atoms with E-state index in [1.165, 1.54) is 30.3 Å². The minimum Gasteiger partial charge on any atom is -0.329 e. The summed E-state index contributed by atoms with van der Waals surface area (Å²) < 4.78 is 39.8. The summed E-state index contributed by atoms with van der Waals surface area (Å²) in [6.07, 6.45) is 0. The molecule has 0 atom stereocenters. The van der Waals surface area contributed by atoms with E-state index >= 15 is 0 Å². The van der Waals surface area contributed by atoms with Crippen LogP contribution < -0.4 is 15.8 Å². The van der Waals surface area contributed by atoms with E-state index in [9.17, 15) is 17.6 Å². The van der Waals surface area contributed by atoms with Crippen molar-refractivity contribution in [2.75, 3.05) is 18.4 Å². The molecule has 6 nitrogen and oxygen atoms in total. The Morgan fingerprint density at radius 2 is 1.81 bits per heavy atom. The van der Waals surface area contributed by atoms with E-state index < -0.39 is 15.4 Å². The van der Waals surface area contributed by atoms with Crippen molar-refractivity contribution in [2.24, 2.45) is 5.73 Å². The predicted octanol–water partition coefficient (Wildman–Crippen LogP) is 1.98. The average molecular weight is 379 g/mol. The van der Waals surface area contributed by atoms with Gasteiger partial charge in [-0.1, -0.05) is 18.2 Å². The second-order valence-electron chi connectivity index (χ2n) is 6.30. The van der Waals surface area contributed by atoms with Crippen molar-refractivity contribution >= 4 is 21.6 Å². The van der Waals surface area contributed by atoms with Crippen molar-refractivity contribution in [3.05, 3.63) is 59.9 Å². The van der Waals surface area contributed by atoms with E-state index in [2.05, 4.69) is 10.0 Å². The largest absolute Gasteiger partial charge is 0.329 e. The Morgan fingerprint density at radius 1 is 1.15 bits per heavy atom. The van der Waals surface area contributed by atoms with Crippen LogP contribution in [0.15, 0.2) is 53.4 Å². The lowest BCUT2D eigenvalue weighted by Crippen LogP contribution is -2.34. The first-order valence-electron chi connectivity index (χ1n) is 8.04. The number of anilines is 1. The second kappa shape index (κ2) is 7.94. The molecule has 1 amide bonds. The molecule has 0 aliphatic carbocycles. The Hall–Kier alpha value is -2.29. The lowest BCUT2D eigenvalue weighted by molar-refractivity contribution is -0.120. The minimum absolute atomic E-state index is 0.0309. The Labute approximate surface area is 152 Å². The fourth-order valence-corrected chi connectivity index (χ4v) is 3.40. The SMILES string of the molecule is CC(C)(C(=O)Nc1cccc(S(=O)(=O)NCCN)c1)c1ccc(F)cc1. The normalized spacial score (nSPS) is 12.0. The van der Waals surface area contributed by atoms with Gasteiger partial charge in [-0.15, -0.1) is 0 Å². The smallest absolute Gasteiger partial charge is 0.240 e. The number of carbonyl (C=O) groups excluding carboxylic acids is 1. The number of rotatable bonds is 7. The fraction of sp³-hybridized carbons (Fsp3) is 0.278. The molecule has 0 bridgehead atoms. The Kier molecular flexibility index (Phi) is 6.12. The molecule has 8 heteroatoms. The Morgan fingerprint density at radius 3 is 2.42 bits per heavy atom. The molecular formula is C18H22FN3O3S. The van der Waals surface area contributed by atoms with E-state index in [-0.39, 0.29) is 29.7 Å². The van der Waals surface area contributed by atoms with Crippen LogP contribution in [-0.4, -0.2) is 27.4 Å².